The molecule has 0 bridgehead atoms. The van der Waals surface area contributed by atoms with Gasteiger partial charge in [0.15, 0.2) is 5.43 Å². The Labute approximate surface area is 169 Å². The number of nitrogens with zero attached hydrogens (tertiary/aromatic N) is 1. The zero-order chi connectivity index (χ0) is 20.4. The van der Waals surface area contributed by atoms with Gasteiger partial charge in [-0.05, 0) is 35.7 Å². The Kier molecular flexibility index (Phi) is 5.17. The predicted molar refractivity (Wildman–Crippen MR) is 118 cm³/mol. The van der Waals surface area contributed by atoms with Gasteiger partial charge in [-0.25, -0.2) is 0 Å². The van der Waals surface area contributed by atoms with Crippen LogP contribution in [0.3, 0.4) is 0 Å². The molecule has 0 saturated carbocycles. The maximum Gasteiger partial charge on any atom is 0.240 e. The first-order valence-electron chi connectivity index (χ1n) is 9.91. The van der Waals surface area contributed by atoms with Crippen LogP contribution in [0.2, 0.25) is 0 Å². The monoisotopic (exact) mass is 384 g/mol. The van der Waals surface area contributed by atoms with Crippen molar-refractivity contribution in [3.8, 4) is 0 Å². The Morgan fingerprint density at radius 1 is 0.828 bits per heavy atom. The Hall–Kier alpha value is -3.40. The van der Waals surface area contributed by atoms with Crippen molar-refractivity contribution in [3.63, 3.8) is 0 Å². The molecule has 0 aliphatic rings. The molecule has 0 fully saturated rings. The zero-order valence-corrected chi connectivity index (χ0v) is 16.6. The number of hydrogen-bond donors (Lipinski definition) is 1. The third kappa shape index (κ3) is 3.66. The molecule has 4 rings (SSSR count). The summed E-state index contributed by atoms with van der Waals surface area (Å²) in [7, 11) is 0. The number of aromatic nitrogens is 1. The van der Waals surface area contributed by atoms with E-state index in [1.54, 1.807) is 0 Å². The van der Waals surface area contributed by atoms with Gasteiger partial charge < -0.3 is 9.88 Å². The highest BCUT2D eigenvalue weighted by Gasteiger charge is 2.19. The quantitative estimate of drug-likeness (QED) is 0.509. The van der Waals surface area contributed by atoms with Crippen LogP contribution in [0.5, 0.6) is 0 Å². The van der Waals surface area contributed by atoms with E-state index in [2.05, 4.69) is 19.2 Å². The maximum atomic E-state index is 13.1. The lowest BCUT2D eigenvalue weighted by Crippen LogP contribution is -2.34. The van der Waals surface area contributed by atoms with E-state index >= 15 is 0 Å². The van der Waals surface area contributed by atoms with Gasteiger partial charge in [-0.3, -0.25) is 9.59 Å². The highest BCUT2D eigenvalue weighted by molar-refractivity contribution is 5.94. The topological polar surface area (TPSA) is 51.1 Å². The summed E-state index contributed by atoms with van der Waals surface area (Å²) in [5.74, 6) is 0.176. The van der Waals surface area contributed by atoms with Gasteiger partial charge in [0.2, 0.25) is 5.91 Å². The Morgan fingerprint density at radius 3 is 1.90 bits per heavy atom. The van der Waals surface area contributed by atoms with Crippen molar-refractivity contribution in [1.82, 2.24) is 9.88 Å². The molecule has 1 N–H and O–H groups in total. The molecular weight excluding hydrogens is 360 g/mol. The minimum atomic E-state index is -0.0773. The van der Waals surface area contributed by atoms with Crippen molar-refractivity contribution >= 4 is 27.7 Å². The summed E-state index contributed by atoms with van der Waals surface area (Å²) in [5, 5.41) is 4.44. The summed E-state index contributed by atoms with van der Waals surface area (Å²) < 4.78 is 1.93. The SMILES string of the molecule is CC(C)C(NC(=O)Cn1c2ccccc2c(=O)c2ccccc21)c1ccccc1. The van der Waals surface area contributed by atoms with Crippen molar-refractivity contribution in [2.75, 3.05) is 0 Å². The Morgan fingerprint density at radius 2 is 1.34 bits per heavy atom. The summed E-state index contributed by atoms with van der Waals surface area (Å²) >= 11 is 0. The molecule has 146 valence electrons. The van der Waals surface area contributed by atoms with Crippen molar-refractivity contribution in [3.05, 3.63) is 94.6 Å². The number of carbonyl (C=O) groups is 1. The first-order chi connectivity index (χ1) is 14.1. The number of carbonyl (C=O) groups excluding carboxylic acids is 1. The zero-order valence-electron chi connectivity index (χ0n) is 16.6. The number of para-hydroxylation sites is 2. The average Bonchev–Trinajstić information content (AvgIpc) is 2.75. The van der Waals surface area contributed by atoms with Crippen molar-refractivity contribution < 1.29 is 4.79 Å². The van der Waals surface area contributed by atoms with Gasteiger partial charge in [0, 0.05) is 10.8 Å². The molecule has 1 unspecified atom stereocenters. The molecule has 4 nitrogen and oxygen atoms in total. The number of rotatable bonds is 5. The number of amides is 1. The smallest absolute Gasteiger partial charge is 0.240 e. The van der Waals surface area contributed by atoms with Crippen LogP contribution in [-0.4, -0.2) is 10.5 Å². The average molecular weight is 384 g/mol. The van der Waals surface area contributed by atoms with Gasteiger partial charge in [-0.1, -0.05) is 68.4 Å². The standard InChI is InChI=1S/C25H24N2O2/c1-17(2)24(18-10-4-3-5-11-18)26-23(28)16-27-21-14-8-6-12-19(21)25(29)20-13-7-9-15-22(20)27/h3-15,17,24H,16H2,1-2H3,(H,26,28). The van der Waals surface area contributed by atoms with E-state index in [0.29, 0.717) is 10.8 Å². The number of fused-ring (bicyclic) bond motifs is 2. The van der Waals surface area contributed by atoms with E-state index < -0.39 is 0 Å². The van der Waals surface area contributed by atoms with Crippen molar-refractivity contribution in [2.24, 2.45) is 5.92 Å². The van der Waals surface area contributed by atoms with E-state index in [1.807, 2.05) is 83.4 Å². The van der Waals surface area contributed by atoms with E-state index in [0.717, 1.165) is 16.6 Å². The van der Waals surface area contributed by atoms with Crippen LogP contribution in [0.1, 0.15) is 25.5 Å². The van der Waals surface area contributed by atoms with Gasteiger partial charge in [-0.2, -0.15) is 0 Å². The minimum Gasteiger partial charge on any atom is -0.347 e. The van der Waals surface area contributed by atoms with Crippen LogP contribution >= 0.6 is 0 Å². The fraction of sp³-hybridized carbons (Fsp3) is 0.200. The Balaban J connectivity index is 1.74. The van der Waals surface area contributed by atoms with Crippen molar-refractivity contribution in [2.45, 2.75) is 26.4 Å². The summed E-state index contributed by atoms with van der Waals surface area (Å²) in [6, 6.07) is 24.9. The third-order valence-electron chi connectivity index (χ3n) is 5.32. The summed E-state index contributed by atoms with van der Waals surface area (Å²) in [6.45, 7) is 4.35. The molecule has 0 saturated heterocycles. The molecule has 29 heavy (non-hydrogen) atoms. The lowest BCUT2D eigenvalue weighted by molar-refractivity contribution is -0.122. The molecule has 1 aromatic heterocycles. The number of hydrogen-bond acceptors (Lipinski definition) is 2. The van der Waals surface area contributed by atoms with E-state index in [-0.39, 0.29) is 29.8 Å². The molecule has 0 radical (unpaired) electrons. The highest BCUT2D eigenvalue weighted by Crippen LogP contribution is 2.22. The van der Waals surface area contributed by atoms with E-state index in [9.17, 15) is 9.59 Å². The summed E-state index contributed by atoms with van der Waals surface area (Å²) in [5.41, 5.74) is 2.63. The lowest BCUT2D eigenvalue weighted by atomic mass is 9.96. The fourth-order valence-corrected chi connectivity index (χ4v) is 3.91. The van der Waals surface area contributed by atoms with Crippen LogP contribution in [-0.2, 0) is 11.3 Å². The molecule has 1 atom stereocenters. The minimum absolute atomic E-state index is 0.00259. The maximum absolute atomic E-state index is 13.1. The first-order valence-corrected chi connectivity index (χ1v) is 9.91. The normalized spacial score (nSPS) is 12.4. The molecule has 0 aliphatic carbocycles. The number of benzene rings is 3. The van der Waals surface area contributed by atoms with Crippen molar-refractivity contribution in [1.29, 1.82) is 0 Å². The van der Waals surface area contributed by atoms with Crippen LogP contribution < -0.4 is 10.7 Å². The highest BCUT2D eigenvalue weighted by atomic mass is 16.2. The van der Waals surface area contributed by atoms with Gasteiger partial charge in [0.05, 0.1) is 17.1 Å². The summed E-state index contributed by atoms with van der Waals surface area (Å²) in [6.07, 6.45) is 0. The van der Waals surface area contributed by atoms with Crippen LogP contribution in [0.15, 0.2) is 83.7 Å². The molecule has 4 heteroatoms. The molecule has 3 aromatic carbocycles. The van der Waals surface area contributed by atoms with E-state index in [4.69, 9.17) is 0 Å². The molecule has 1 amide bonds. The third-order valence-corrected chi connectivity index (χ3v) is 5.32. The fourth-order valence-electron chi connectivity index (χ4n) is 3.91. The second kappa shape index (κ2) is 7.92. The molecular formula is C25H24N2O2. The summed E-state index contributed by atoms with van der Waals surface area (Å²) in [4.78, 5) is 25.9. The second-order valence-electron chi connectivity index (χ2n) is 7.65. The van der Waals surface area contributed by atoms with Gasteiger partial charge in [-0.15, -0.1) is 0 Å². The molecule has 0 aliphatic heterocycles. The van der Waals surface area contributed by atoms with Crippen LogP contribution in [0.4, 0.5) is 0 Å². The van der Waals surface area contributed by atoms with E-state index in [1.165, 1.54) is 0 Å². The molecule has 1 heterocycles. The van der Waals surface area contributed by atoms with Gasteiger partial charge in [0.25, 0.3) is 0 Å². The number of nitrogens with one attached hydrogen (secondary N) is 1. The van der Waals surface area contributed by atoms with Crippen LogP contribution in [0, 0.1) is 5.92 Å². The van der Waals surface area contributed by atoms with Gasteiger partial charge >= 0.3 is 0 Å². The second-order valence-corrected chi connectivity index (χ2v) is 7.65. The molecule has 4 aromatic rings. The largest absolute Gasteiger partial charge is 0.347 e. The number of pyridine rings is 1. The Bertz CT molecular complexity index is 1170. The predicted octanol–water partition coefficient (Wildman–Crippen LogP) is 4.67. The van der Waals surface area contributed by atoms with Crippen LogP contribution in [0.25, 0.3) is 21.8 Å². The van der Waals surface area contributed by atoms with Gasteiger partial charge in [0.1, 0.15) is 6.54 Å². The first kappa shape index (κ1) is 18.9. The molecule has 0 spiro atoms. The lowest BCUT2D eigenvalue weighted by Gasteiger charge is -2.24.